The number of rotatable bonds is 1. The fraction of sp³-hybridized carbons (Fsp3) is 0. The zero-order chi connectivity index (χ0) is 13.4. The van der Waals surface area contributed by atoms with Crippen LogP contribution in [0.25, 0.3) is 22.3 Å². The van der Waals surface area contributed by atoms with Crippen molar-refractivity contribution in [3.05, 3.63) is 69.6 Å². The van der Waals surface area contributed by atoms with E-state index in [4.69, 9.17) is 16.0 Å². The predicted molar refractivity (Wildman–Crippen MR) is 72.9 cm³/mol. The number of halogens is 2. The molecule has 0 atom stereocenters. The van der Waals surface area contributed by atoms with E-state index in [1.54, 1.807) is 24.3 Å². The third-order valence-corrected chi connectivity index (χ3v) is 3.07. The van der Waals surface area contributed by atoms with Gasteiger partial charge in [-0.25, -0.2) is 4.39 Å². The molecule has 2 aromatic carbocycles. The van der Waals surface area contributed by atoms with Gasteiger partial charge in [0, 0.05) is 22.7 Å². The maximum atomic E-state index is 13.2. The Balaban J connectivity index is 2.25. The van der Waals surface area contributed by atoms with E-state index in [1.165, 1.54) is 24.3 Å². The van der Waals surface area contributed by atoms with Crippen LogP contribution in [0.1, 0.15) is 0 Å². The van der Waals surface area contributed by atoms with Crippen LogP contribution >= 0.6 is 11.6 Å². The first-order chi connectivity index (χ1) is 9.13. The number of hydrogen-bond donors (Lipinski definition) is 0. The van der Waals surface area contributed by atoms with Gasteiger partial charge >= 0.3 is 0 Å². The van der Waals surface area contributed by atoms with Gasteiger partial charge in [0.25, 0.3) is 0 Å². The molecule has 0 saturated heterocycles. The minimum atomic E-state index is -0.441. The van der Waals surface area contributed by atoms with Crippen LogP contribution in [-0.4, -0.2) is 0 Å². The normalized spacial score (nSPS) is 10.8. The van der Waals surface area contributed by atoms with Crippen LogP contribution in [0.15, 0.2) is 57.7 Å². The van der Waals surface area contributed by atoms with E-state index in [0.29, 0.717) is 21.7 Å². The number of fused-ring (bicyclic) bond motifs is 1. The lowest BCUT2D eigenvalue weighted by atomic mass is 10.1. The molecule has 94 valence electrons. The maximum absolute atomic E-state index is 13.2. The smallest absolute Gasteiger partial charge is 0.193 e. The molecule has 1 aromatic heterocycles. The number of benzene rings is 2. The van der Waals surface area contributed by atoms with E-state index >= 15 is 0 Å². The third kappa shape index (κ3) is 2.25. The van der Waals surface area contributed by atoms with Gasteiger partial charge in [0.15, 0.2) is 5.43 Å². The van der Waals surface area contributed by atoms with E-state index in [9.17, 15) is 9.18 Å². The van der Waals surface area contributed by atoms with Crippen molar-refractivity contribution in [2.75, 3.05) is 0 Å². The van der Waals surface area contributed by atoms with E-state index < -0.39 is 5.82 Å². The maximum Gasteiger partial charge on any atom is 0.193 e. The van der Waals surface area contributed by atoms with Crippen molar-refractivity contribution in [1.82, 2.24) is 0 Å². The predicted octanol–water partition coefficient (Wildman–Crippen LogP) is 4.25. The Hall–Kier alpha value is -2.13. The molecule has 0 radical (unpaired) electrons. The Bertz CT molecular complexity index is 806. The van der Waals surface area contributed by atoms with E-state index in [0.717, 1.165) is 0 Å². The Morgan fingerprint density at radius 2 is 1.74 bits per heavy atom. The van der Waals surface area contributed by atoms with Crippen LogP contribution < -0.4 is 5.43 Å². The van der Waals surface area contributed by atoms with Gasteiger partial charge in [-0.05, 0) is 36.4 Å². The molecular weight excluding hydrogens is 267 g/mol. The monoisotopic (exact) mass is 274 g/mol. The minimum Gasteiger partial charge on any atom is -0.456 e. The molecule has 2 nitrogen and oxygen atoms in total. The molecule has 3 aromatic rings. The quantitative estimate of drug-likeness (QED) is 0.664. The molecule has 0 amide bonds. The Labute approximate surface area is 113 Å². The highest BCUT2D eigenvalue weighted by Crippen LogP contribution is 2.23. The van der Waals surface area contributed by atoms with Crippen molar-refractivity contribution < 1.29 is 8.81 Å². The average Bonchev–Trinajstić information content (AvgIpc) is 2.38. The van der Waals surface area contributed by atoms with Crippen LogP contribution in [0, 0.1) is 5.82 Å². The summed E-state index contributed by atoms with van der Waals surface area (Å²) in [5, 5.41) is 0.956. The molecule has 0 aliphatic heterocycles. The van der Waals surface area contributed by atoms with Crippen molar-refractivity contribution in [3.8, 4) is 11.3 Å². The second-order valence-electron chi connectivity index (χ2n) is 4.12. The Kier molecular flexibility index (Phi) is 2.84. The highest BCUT2D eigenvalue weighted by atomic mass is 35.5. The van der Waals surface area contributed by atoms with E-state index in [1.807, 2.05) is 0 Å². The van der Waals surface area contributed by atoms with Crippen molar-refractivity contribution in [1.29, 1.82) is 0 Å². The Morgan fingerprint density at radius 1 is 1.00 bits per heavy atom. The van der Waals surface area contributed by atoms with Crippen LogP contribution in [0.4, 0.5) is 4.39 Å². The van der Waals surface area contributed by atoms with Crippen LogP contribution in [-0.2, 0) is 0 Å². The molecule has 0 aliphatic carbocycles. The molecule has 0 fully saturated rings. The first kappa shape index (κ1) is 11.9. The van der Waals surface area contributed by atoms with E-state index in [2.05, 4.69) is 0 Å². The van der Waals surface area contributed by atoms with Gasteiger partial charge in [-0.3, -0.25) is 4.79 Å². The molecule has 0 saturated carbocycles. The summed E-state index contributed by atoms with van der Waals surface area (Å²) in [5.74, 6) is -0.0522. The second kappa shape index (κ2) is 4.52. The van der Waals surface area contributed by atoms with Gasteiger partial charge in [-0.1, -0.05) is 11.6 Å². The van der Waals surface area contributed by atoms with Crippen molar-refractivity contribution in [2.45, 2.75) is 0 Å². The lowest BCUT2D eigenvalue weighted by Gasteiger charge is -2.03. The topological polar surface area (TPSA) is 30.2 Å². The zero-order valence-corrected chi connectivity index (χ0v) is 10.4. The lowest BCUT2D eigenvalue weighted by molar-refractivity contribution is 0.599. The molecule has 0 aliphatic rings. The van der Waals surface area contributed by atoms with Crippen molar-refractivity contribution >= 4 is 22.6 Å². The second-order valence-corrected chi connectivity index (χ2v) is 4.56. The summed E-state index contributed by atoms with van der Waals surface area (Å²) in [7, 11) is 0. The molecule has 0 N–H and O–H groups in total. The van der Waals surface area contributed by atoms with E-state index in [-0.39, 0.29) is 11.0 Å². The summed E-state index contributed by atoms with van der Waals surface area (Å²) < 4.78 is 18.7. The molecular formula is C15H8ClFO2. The first-order valence-corrected chi connectivity index (χ1v) is 6.01. The third-order valence-electron chi connectivity index (χ3n) is 2.82. The van der Waals surface area contributed by atoms with Gasteiger partial charge in [0.05, 0.1) is 5.39 Å². The Morgan fingerprint density at radius 3 is 2.47 bits per heavy atom. The molecule has 3 rings (SSSR count). The zero-order valence-electron chi connectivity index (χ0n) is 9.69. The average molecular weight is 275 g/mol. The molecule has 19 heavy (non-hydrogen) atoms. The fourth-order valence-electron chi connectivity index (χ4n) is 1.89. The number of hydrogen-bond acceptors (Lipinski definition) is 2. The SMILES string of the molecule is O=c1cc(-c2ccc(Cl)cc2)oc2cc(F)ccc12. The summed E-state index contributed by atoms with van der Waals surface area (Å²) >= 11 is 5.80. The highest BCUT2D eigenvalue weighted by Gasteiger charge is 2.07. The van der Waals surface area contributed by atoms with Gasteiger partial charge < -0.3 is 4.42 Å². The molecule has 0 unspecified atom stereocenters. The highest BCUT2D eigenvalue weighted by molar-refractivity contribution is 6.30. The van der Waals surface area contributed by atoms with Gasteiger partial charge in [-0.2, -0.15) is 0 Å². The van der Waals surface area contributed by atoms with Gasteiger partial charge in [-0.15, -0.1) is 0 Å². The molecule has 0 spiro atoms. The van der Waals surface area contributed by atoms with Crippen LogP contribution in [0.3, 0.4) is 0 Å². The fourth-order valence-corrected chi connectivity index (χ4v) is 2.01. The molecule has 4 heteroatoms. The van der Waals surface area contributed by atoms with Crippen molar-refractivity contribution in [3.63, 3.8) is 0 Å². The summed E-state index contributed by atoms with van der Waals surface area (Å²) in [5.41, 5.74) is 0.747. The van der Waals surface area contributed by atoms with Crippen LogP contribution in [0.5, 0.6) is 0 Å². The lowest BCUT2D eigenvalue weighted by Crippen LogP contribution is -2.00. The van der Waals surface area contributed by atoms with Gasteiger partial charge in [0.2, 0.25) is 0 Å². The summed E-state index contributed by atoms with van der Waals surface area (Å²) in [6.45, 7) is 0. The first-order valence-electron chi connectivity index (χ1n) is 5.63. The summed E-state index contributed by atoms with van der Waals surface area (Å²) in [6.07, 6.45) is 0. The summed E-state index contributed by atoms with van der Waals surface area (Å²) in [4.78, 5) is 11.9. The van der Waals surface area contributed by atoms with Gasteiger partial charge in [0.1, 0.15) is 17.2 Å². The minimum absolute atomic E-state index is 0.203. The summed E-state index contributed by atoms with van der Waals surface area (Å²) in [6, 6.07) is 12.1. The van der Waals surface area contributed by atoms with Crippen molar-refractivity contribution in [2.24, 2.45) is 0 Å². The largest absolute Gasteiger partial charge is 0.456 e. The standard InChI is InChI=1S/C15H8ClFO2/c16-10-3-1-9(2-4-10)14-8-13(18)12-6-5-11(17)7-15(12)19-14/h1-8H. The molecule has 1 heterocycles. The van der Waals surface area contributed by atoms with Crippen LogP contribution in [0.2, 0.25) is 5.02 Å². The molecule has 0 bridgehead atoms.